The molecule has 5 heteroatoms. The maximum atomic E-state index is 11.9. The Hall–Kier alpha value is -1.59. The van der Waals surface area contributed by atoms with Crippen molar-refractivity contribution in [1.82, 2.24) is 5.32 Å². The number of rotatable bonds is 5. The summed E-state index contributed by atoms with van der Waals surface area (Å²) in [6, 6.07) is 7.49. The number of nitrogens with one attached hydrogen (secondary N) is 1. The molecule has 0 radical (unpaired) electrons. The second-order valence-corrected chi connectivity index (χ2v) is 4.95. The van der Waals surface area contributed by atoms with E-state index in [-0.39, 0.29) is 11.9 Å². The number of carbonyl (C=O) groups excluding carboxylic acids is 1. The number of amides is 1. The molecule has 0 aromatic heterocycles. The van der Waals surface area contributed by atoms with E-state index in [1.807, 2.05) is 24.3 Å². The van der Waals surface area contributed by atoms with E-state index in [1.54, 1.807) is 7.11 Å². The minimum Gasteiger partial charge on any atom is -0.497 e. The van der Waals surface area contributed by atoms with Gasteiger partial charge in [0, 0.05) is 13.0 Å². The molecule has 1 amide bonds. The van der Waals surface area contributed by atoms with E-state index in [2.05, 4.69) is 5.32 Å². The van der Waals surface area contributed by atoms with Crippen molar-refractivity contribution in [1.29, 1.82) is 0 Å². The van der Waals surface area contributed by atoms with Crippen molar-refractivity contribution in [2.24, 2.45) is 0 Å². The van der Waals surface area contributed by atoms with E-state index >= 15 is 0 Å². The molecular formula is C15H21NO4. The summed E-state index contributed by atoms with van der Waals surface area (Å²) in [5.41, 5.74) is 1.09. The molecule has 1 aromatic carbocycles. The quantitative estimate of drug-likeness (QED) is 0.840. The molecule has 1 fully saturated rings. The lowest BCUT2D eigenvalue weighted by Gasteiger charge is -2.28. The molecule has 1 aliphatic rings. The molecule has 0 unspecified atom stereocenters. The van der Waals surface area contributed by atoms with Crippen LogP contribution >= 0.6 is 0 Å². The Bertz CT molecular complexity index is 432. The van der Waals surface area contributed by atoms with E-state index in [0.29, 0.717) is 32.5 Å². The first-order valence-electron chi connectivity index (χ1n) is 6.87. The molecule has 1 aromatic rings. The van der Waals surface area contributed by atoms with Gasteiger partial charge in [0.05, 0.1) is 25.9 Å². The fourth-order valence-electron chi connectivity index (χ4n) is 2.22. The predicted molar refractivity (Wildman–Crippen MR) is 74.7 cm³/mol. The third-order valence-electron chi connectivity index (χ3n) is 3.47. The van der Waals surface area contributed by atoms with E-state index in [9.17, 15) is 9.90 Å². The second kappa shape index (κ2) is 7.26. The maximum absolute atomic E-state index is 11.9. The van der Waals surface area contributed by atoms with E-state index in [0.717, 1.165) is 11.3 Å². The van der Waals surface area contributed by atoms with Crippen LogP contribution < -0.4 is 10.1 Å². The third kappa shape index (κ3) is 4.21. The lowest BCUT2D eigenvalue weighted by atomic mass is 10.1. The summed E-state index contributed by atoms with van der Waals surface area (Å²) in [7, 11) is 1.63. The maximum Gasteiger partial charge on any atom is 0.220 e. The van der Waals surface area contributed by atoms with Gasteiger partial charge >= 0.3 is 0 Å². The van der Waals surface area contributed by atoms with E-state index < -0.39 is 6.10 Å². The van der Waals surface area contributed by atoms with Gasteiger partial charge in [-0.1, -0.05) is 12.1 Å². The minimum absolute atomic E-state index is 0.0354. The van der Waals surface area contributed by atoms with Crippen molar-refractivity contribution in [3.8, 4) is 5.75 Å². The van der Waals surface area contributed by atoms with Crippen LogP contribution in [-0.2, 0) is 16.0 Å². The molecule has 2 rings (SSSR count). The monoisotopic (exact) mass is 279 g/mol. The summed E-state index contributed by atoms with van der Waals surface area (Å²) in [6.07, 6.45) is 1.15. The average Bonchev–Trinajstić information content (AvgIpc) is 2.48. The highest BCUT2D eigenvalue weighted by Crippen LogP contribution is 2.13. The van der Waals surface area contributed by atoms with E-state index in [1.165, 1.54) is 0 Å². The predicted octanol–water partition coefficient (Wildman–Crippen LogP) is 0.894. The van der Waals surface area contributed by atoms with Crippen LogP contribution in [0.25, 0.3) is 0 Å². The molecule has 2 atom stereocenters. The Morgan fingerprint density at radius 1 is 1.45 bits per heavy atom. The van der Waals surface area contributed by atoms with Gasteiger partial charge < -0.3 is 19.9 Å². The molecule has 1 heterocycles. The molecule has 1 saturated heterocycles. The van der Waals surface area contributed by atoms with Crippen LogP contribution in [0.5, 0.6) is 5.75 Å². The zero-order valence-electron chi connectivity index (χ0n) is 11.7. The zero-order chi connectivity index (χ0) is 14.4. The standard InChI is InChI=1S/C15H21NO4/c1-19-12-5-2-11(3-6-12)4-7-15(18)16-13-8-9-20-10-14(13)17/h2-3,5-6,13-14,17H,4,7-10H2,1H3,(H,16,18)/t13-,14-/m0/s1. The first-order chi connectivity index (χ1) is 9.69. The average molecular weight is 279 g/mol. The Morgan fingerprint density at radius 3 is 2.85 bits per heavy atom. The number of benzene rings is 1. The smallest absolute Gasteiger partial charge is 0.220 e. The molecule has 110 valence electrons. The number of aliphatic hydroxyl groups excluding tert-OH is 1. The second-order valence-electron chi connectivity index (χ2n) is 4.95. The number of methoxy groups -OCH3 is 1. The highest BCUT2D eigenvalue weighted by molar-refractivity contribution is 5.76. The fourth-order valence-corrected chi connectivity index (χ4v) is 2.22. The van der Waals surface area contributed by atoms with Gasteiger partial charge in [-0.05, 0) is 30.5 Å². The van der Waals surface area contributed by atoms with Gasteiger partial charge in [-0.25, -0.2) is 0 Å². The topological polar surface area (TPSA) is 67.8 Å². The Labute approximate surface area is 118 Å². The Kier molecular flexibility index (Phi) is 5.38. The van der Waals surface area contributed by atoms with Crippen LogP contribution in [0.15, 0.2) is 24.3 Å². The largest absolute Gasteiger partial charge is 0.497 e. The summed E-state index contributed by atoms with van der Waals surface area (Å²) >= 11 is 0. The Morgan fingerprint density at radius 2 is 2.20 bits per heavy atom. The minimum atomic E-state index is -0.603. The molecule has 0 aliphatic carbocycles. The highest BCUT2D eigenvalue weighted by atomic mass is 16.5. The van der Waals surface area contributed by atoms with Crippen molar-refractivity contribution in [2.45, 2.75) is 31.4 Å². The first-order valence-corrected chi connectivity index (χ1v) is 6.87. The Balaban J connectivity index is 1.76. The van der Waals surface area contributed by atoms with Crippen molar-refractivity contribution >= 4 is 5.91 Å². The summed E-state index contributed by atoms with van der Waals surface area (Å²) in [6.45, 7) is 0.879. The van der Waals surface area contributed by atoms with Crippen molar-refractivity contribution in [2.75, 3.05) is 20.3 Å². The fraction of sp³-hybridized carbons (Fsp3) is 0.533. The molecule has 20 heavy (non-hydrogen) atoms. The number of aliphatic hydroxyl groups is 1. The molecule has 1 aliphatic heterocycles. The van der Waals surface area contributed by atoms with Crippen LogP contribution in [0.1, 0.15) is 18.4 Å². The van der Waals surface area contributed by atoms with Gasteiger partial charge in [-0.3, -0.25) is 4.79 Å². The van der Waals surface area contributed by atoms with Gasteiger partial charge in [0.2, 0.25) is 5.91 Å². The summed E-state index contributed by atoms with van der Waals surface area (Å²) in [5.74, 6) is 0.773. The number of aryl methyl sites for hydroxylation is 1. The molecular weight excluding hydrogens is 258 g/mol. The molecule has 0 saturated carbocycles. The van der Waals surface area contributed by atoms with Crippen molar-refractivity contribution < 1.29 is 19.4 Å². The number of hydrogen-bond acceptors (Lipinski definition) is 4. The van der Waals surface area contributed by atoms with Crippen molar-refractivity contribution in [3.05, 3.63) is 29.8 Å². The van der Waals surface area contributed by atoms with Gasteiger partial charge in [0.15, 0.2) is 0 Å². The third-order valence-corrected chi connectivity index (χ3v) is 3.47. The summed E-state index contributed by atoms with van der Waals surface area (Å²) in [5, 5.41) is 12.6. The number of ether oxygens (including phenoxy) is 2. The molecule has 2 N–H and O–H groups in total. The van der Waals surface area contributed by atoms with Gasteiger partial charge in [0.25, 0.3) is 0 Å². The zero-order valence-corrected chi connectivity index (χ0v) is 11.7. The van der Waals surface area contributed by atoms with Crippen LogP contribution in [0.3, 0.4) is 0 Å². The normalized spacial score (nSPS) is 22.3. The van der Waals surface area contributed by atoms with Gasteiger partial charge in [0.1, 0.15) is 5.75 Å². The van der Waals surface area contributed by atoms with Gasteiger partial charge in [-0.15, -0.1) is 0 Å². The van der Waals surface area contributed by atoms with Crippen LogP contribution in [0.2, 0.25) is 0 Å². The lowest BCUT2D eigenvalue weighted by molar-refractivity contribution is -0.124. The lowest BCUT2D eigenvalue weighted by Crippen LogP contribution is -2.48. The van der Waals surface area contributed by atoms with Crippen LogP contribution in [-0.4, -0.2) is 43.5 Å². The summed E-state index contributed by atoms with van der Waals surface area (Å²) < 4.78 is 10.2. The summed E-state index contributed by atoms with van der Waals surface area (Å²) in [4.78, 5) is 11.9. The number of hydrogen-bond donors (Lipinski definition) is 2. The molecule has 5 nitrogen and oxygen atoms in total. The van der Waals surface area contributed by atoms with E-state index in [4.69, 9.17) is 9.47 Å². The van der Waals surface area contributed by atoms with Crippen LogP contribution in [0.4, 0.5) is 0 Å². The van der Waals surface area contributed by atoms with Gasteiger partial charge in [-0.2, -0.15) is 0 Å². The highest BCUT2D eigenvalue weighted by Gasteiger charge is 2.24. The van der Waals surface area contributed by atoms with Crippen LogP contribution in [0, 0.1) is 0 Å². The molecule has 0 spiro atoms. The van der Waals surface area contributed by atoms with Crippen molar-refractivity contribution in [3.63, 3.8) is 0 Å². The molecule has 0 bridgehead atoms. The number of carbonyl (C=O) groups is 1. The first kappa shape index (κ1) is 14.8. The SMILES string of the molecule is COc1ccc(CCC(=O)N[C@H]2CCOC[C@@H]2O)cc1.